The van der Waals surface area contributed by atoms with E-state index in [4.69, 9.17) is 24.9 Å². The number of hydrogen-bond donors (Lipinski definition) is 0. The van der Waals surface area contributed by atoms with Crippen LogP contribution in [0.1, 0.15) is 0 Å². The SMILES string of the molecule is c1ccc(-c2nc(-c3ccccc3)nc(-c3ccc4nc(-c5ccc(-c6cccc7c6sc6c(-c8nc9ccccc9s8)cccc67)cc5)sc4c3)n2)cc1. The number of rotatable bonds is 6. The van der Waals surface area contributed by atoms with Gasteiger partial charge in [0.2, 0.25) is 0 Å². The van der Waals surface area contributed by atoms with E-state index < -0.39 is 0 Å². The molecule has 0 fully saturated rings. The topological polar surface area (TPSA) is 64.5 Å². The van der Waals surface area contributed by atoms with Gasteiger partial charge in [-0.1, -0.05) is 133 Å². The maximum Gasteiger partial charge on any atom is 0.164 e. The van der Waals surface area contributed by atoms with Crippen molar-refractivity contribution in [2.45, 2.75) is 0 Å². The molecule has 0 saturated heterocycles. The molecule has 0 aliphatic carbocycles. The molecule has 0 atom stereocenters. The highest BCUT2D eigenvalue weighted by Gasteiger charge is 2.17. The molecule has 11 rings (SSSR count). The Morgan fingerprint density at radius 1 is 0.309 bits per heavy atom. The summed E-state index contributed by atoms with van der Waals surface area (Å²) >= 11 is 5.30. The Bertz CT molecular complexity index is 3110. The van der Waals surface area contributed by atoms with Crippen LogP contribution in [0.3, 0.4) is 0 Å². The fourth-order valence-electron chi connectivity index (χ4n) is 7.12. The Morgan fingerprint density at radius 3 is 1.53 bits per heavy atom. The van der Waals surface area contributed by atoms with Gasteiger partial charge < -0.3 is 0 Å². The van der Waals surface area contributed by atoms with Crippen LogP contribution in [0.25, 0.3) is 107 Å². The van der Waals surface area contributed by atoms with E-state index >= 15 is 0 Å². The predicted molar refractivity (Wildman–Crippen MR) is 232 cm³/mol. The van der Waals surface area contributed by atoms with Crippen molar-refractivity contribution in [2.24, 2.45) is 0 Å². The van der Waals surface area contributed by atoms with E-state index in [1.165, 1.54) is 41.6 Å². The van der Waals surface area contributed by atoms with Crippen LogP contribution in [0.4, 0.5) is 0 Å². The maximum absolute atomic E-state index is 5.05. The summed E-state index contributed by atoms with van der Waals surface area (Å²) in [4.78, 5) is 24.8. The van der Waals surface area contributed by atoms with Gasteiger partial charge in [0, 0.05) is 48.0 Å². The Hall–Kier alpha value is -6.45. The molecule has 5 nitrogen and oxygen atoms in total. The van der Waals surface area contributed by atoms with Crippen molar-refractivity contribution in [3.63, 3.8) is 0 Å². The number of aromatic nitrogens is 5. The smallest absolute Gasteiger partial charge is 0.164 e. The van der Waals surface area contributed by atoms with Gasteiger partial charge in [-0.15, -0.1) is 34.0 Å². The van der Waals surface area contributed by atoms with E-state index in [2.05, 4.69) is 103 Å². The van der Waals surface area contributed by atoms with E-state index in [1.54, 1.807) is 22.7 Å². The molecule has 0 aliphatic rings. The van der Waals surface area contributed by atoms with Crippen LogP contribution in [0.15, 0.2) is 164 Å². The van der Waals surface area contributed by atoms with E-state index in [0.717, 1.165) is 48.0 Å². The second-order valence-corrected chi connectivity index (χ2v) is 16.4. The fraction of sp³-hybridized carbons (Fsp3) is 0. The van der Waals surface area contributed by atoms with Crippen LogP contribution in [-0.4, -0.2) is 24.9 Å². The van der Waals surface area contributed by atoms with Gasteiger partial charge in [0.15, 0.2) is 17.5 Å². The van der Waals surface area contributed by atoms with Crippen LogP contribution < -0.4 is 0 Å². The van der Waals surface area contributed by atoms with Crippen LogP contribution in [0, 0.1) is 0 Å². The molecule has 0 bridgehead atoms. The van der Waals surface area contributed by atoms with E-state index in [1.807, 2.05) is 72.0 Å². The molecule has 55 heavy (non-hydrogen) atoms. The van der Waals surface area contributed by atoms with Gasteiger partial charge in [-0.3, -0.25) is 0 Å². The normalized spacial score (nSPS) is 11.6. The first kappa shape index (κ1) is 32.0. The minimum atomic E-state index is 0.636. The summed E-state index contributed by atoms with van der Waals surface area (Å²) < 4.78 is 4.86. The van der Waals surface area contributed by atoms with Crippen molar-refractivity contribution in [1.29, 1.82) is 0 Å². The van der Waals surface area contributed by atoms with Crippen molar-refractivity contribution in [2.75, 3.05) is 0 Å². The Kier molecular flexibility index (Phi) is 7.65. The molecule has 0 unspecified atom stereocenters. The lowest BCUT2D eigenvalue weighted by molar-refractivity contribution is 1.07. The zero-order valence-corrected chi connectivity index (χ0v) is 31.5. The van der Waals surface area contributed by atoms with Crippen molar-refractivity contribution in [3.05, 3.63) is 164 Å². The molecule has 4 heterocycles. The highest BCUT2D eigenvalue weighted by Crippen LogP contribution is 2.45. The van der Waals surface area contributed by atoms with E-state index in [9.17, 15) is 0 Å². The lowest BCUT2D eigenvalue weighted by atomic mass is 10.0. The number of fused-ring (bicyclic) bond motifs is 5. The van der Waals surface area contributed by atoms with E-state index in [-0.39, 0.29) is 0 Å². The molecule has 0 amide bonds. The Balaban J connectivity index is 0.938. The molecule has 258 valence electrons. The lowest BCUT2D eigenvalue weighted by Gasteiger charge is -2.08. The van der Waals surface area contributed by atoms with Crippen LogP contribution in [0.5, 0.6) is 0 Å². The first-order chi connectivity index (χ1) is 27.2. The largest absolute Gasteiger partial charge is 0.236 e. The number of benzene rings is 7. The molecule has 11 aromatic rings. The Labute approximate surface area is 328 Å². The van der Waals surface area contributed by atoms with Gasteiger partial charge in [-0.25, -0.2) is 24.9 Å². The summed E-state index contributed by atoms with van der Waals surface area (Å²) in [5.41, 5.74) is 9.53. The van der Waals surface area contributed by atoms with Gasteiger partial charge in [0.05, 0.1) is 20.4 Å². The van der Waals surface area contributed by atoms with Gasteiger partial charge in [0.1, 0.15) is 10.0 Å². The molecule has 0 radical (unpaired) electrons. The zero-order valence-electron chi connectivity index (χ0n) is 29.0. The third-order valence-electron chi connectivity index (χ3n) is 9.84. The minimum Gasteiger partial charge on any atom is -0.236 e. The third-order valence-corrected chi connectivity index (χ3v) is 13.3. The average molecular weight is 758 g/mol. The Morgan fingerprint density at radius 2 is 0.836 bits per heavy atom. The summed E-state index contributed by atoms with van der Waals surface area (Å²) in [5, 5.41) is 4.59. The number of thiophene rings is 1. The lowest BCUT2D eigenvalue weighted by Crippen LogP contribution is -1.99. The summed E-state index contributed by atoms with van der Waals surface area (Å²) in [6.45, 7) is 0. The standard InChI is InChI=1S/C47H27N5S3/c1-3-11-29(12-4-1)43-50-44(30-13-5-2-6-14-30)52-45(51-43)32-25-26-38-40(27-32)54-46(48-38)31-23-21-28(22-24-31)33-15-9-16-34-35-17-10-18-36(42(35)55-41(33)34)47-49-37-19-7-8-20-39(37)53-47/h1-27H. The van der Waals surface area contributed by atoms with E-state index in [0.29, 0.717) is 17.5 Å². The first-order valence-electron chi connectivity index (χ1n) is 17.9. The predicted octanol–water partition coefficient (Wildman–Crippen LogP) is 13.5. The number of thiazole rings is 2. The fourth-order valence-corrected chi connectivity index (χ4v) is 10.5. The van der Waals surface area contributed by atoms with Gasteiger partial charge in [0.25, 0.3) is 0 Å². The molecule has 4 aromatic heterocycles. The molecule has 8 heteroatoms. The van der Waals surface area contributed by atoms with Gasteiger partial charge in [-0.05, 0) is 41.5 Å². The number of para-hydroxylation sites is 1. The molecule has 0 spiro atoms. The second-order valence-electron chi connectivity index (χ2n) is 13.3. The molecule has 0 aliphatic heterocycles. The summed E-state index contributed by atoms with van der Waals surface area (Å²) in [6, 6.07) is 56.9. The van der Waals surface area contributed by atoms with Crippen LogP contribution in [-0.2, 0) is 0 Å². The summed E-state index contributed by atoms with van der Waals surface area (Å²) in [5.74, 6) is 1.93. The summed E-state index contributed by atoms with van der Waals surface area (Å²) in [6.07, 6.45) is 0. The molecular weight excluding hydrogens is 731 g/mol. The van der Waals surface area contributed by atoms with Crippen molar-refractivity contribution in [1.82, 2.24) is 24.9 Å². The van der Waals surface area contributed by atoms with Crippen LogP contribution in [0.2, 0.25) is 0 Å². The summed E-state index contributed by atoms with van der Waals surface area (Å²) in [7, 11) is 0. The van der Waals surface area contributed by atoms with Crippen LogP contribution >= 0.6 is 34.0 Å². The number of nitrogens with zero attached hydrogens (tertiary/aromatic N) is 5. The van der Waals surface area contributed by atoms with Crippen molar-refractivity contribution < 1.29 is 0 Å². The monoisotopic (exact) mass is 757 g/mol. The highest BCUT2D eigenvalue weighted by atomic mass is 32.1. The second kappa shape index (κ2) is 13.1. The molecular formula is C47H27N5S3. The molecule has 0 N–H and O–H groups in total. The van der Waals surface area contributed by atoms with Crippen molar-refractivity contribution in [3.8, 4) is 66.4 Å². The maximum atomic E-state index is 5.05. The quantitative estimate of drug-likeness (QED) is 0.169. The molecule has 0 saturated carbocycles. The van der Waals surface area contributed by atoms with Gasteiger partial charge in [-0.2, -0.15) is 0 Å². The first-order valence-corrected chi connectivity index (χ1v) is 20.4. The zero-order chi connectivity index (χ0) is 36.3. The minimum absolute atomic E-state index is 0.636. The average Bonchev–Trinajstić information content (AvgIpc) is 3.99. The van der Waals surface area contributed by atoms with Gasteiger partial charge >= 0.3 is 0 Å². The van der Waals surface area contributed by atoms with Crippen molar-refractivity contribution >= 4 is 74.6 Å². The molecule has 7 aromatic carbocycles. The highest BCUT2D eigenvalue weighted by molar-refractivity contribution is 7.27. The number of hydrogen-bond acceptors (Lipinski definition) is 8. The third kappa shape index (κ3) is 5.70.